The summed E-state index contributed by atoms with van der Waals surface area (Å²) in [5, 5.41) is 8.61. The lowest BCUT2D eigenvalue weighted by atomic mass is 10.0. The Hall–Kier alpha value is -0.380. The van der Waals surface area contributed by atoms with E-state index >= 15 is 0 Å². The third-order valence-corrected chi connectivity index (χ3v) is 8.49. The Bertz CT molecular complexity index is 520. The Morgan fingerprint density at radius 3 is 0.757 bits per heavy atom. The number of rotatable bonds is 31. The molecule has 0 rings (SSSR count). The lowest BCUT2D eigenvalue weighted by Gasteiger charge is -2.05. The topological polar surface area (TPSA) is 94.8 Å². The van der Waals surface area contributed by atoms with Crippen LogP contribution in [-0.4, -0.2) is 27.0 Å². The average molecular weight is 547 g/mol. The molecule has 0 aliphatic heterocycles. The van der Waals surface area contributed by atoms with E-state index in [9.17, 15) is 9.36 Å². The van der Waals surface area contributed by atoms with Gasteiger partial charge in [0.1, 0.15) is 0 Å². The van der Waals surface area contributed by atoms with Crippen LogP contribution in [0.25, 0.3) is 0 Å². The van der Waals surface area contributed by atoms with Gasteiger partial charge in [-0.2, -0.15) is 0 Å². The van der Waals surface area contributed by atoms with Gasteiger partial charge >= 0.3 is 13.6 Å². The maximum Gasteiger partial charge on any atom is 0.325 e. The molecular formula is C31H63O5P. The number of aliphatic carboxylic acids is 1. The van der Waals surface area contributed by atoms with Crippen LogP contribution in [0.5, 0.6) is 0 Å². The second kappa shape index (κ2) is 28.6. The van der Waals surface area contributed by atoms with E-state index in [0.29, 0.717) is 12.8 Å². The van der Waals surface area contributed by atoms with Crippen LogP contribution in [0.4, 0.5) is 0 Å². The molecule has 0 radical (unpaired) electrons. The number of unbranched alkanes of at least 4 members (excludes halogenated alkanes) is 27. The fourth-order valence-electron chi connectivity index (χ4n) is 5.19. The van der Waals surface area contributed by atoms with Crippen LogP contribution < -0.4 is 0 Å². The number of carboxylic acid groups (broad SMARTS) is 1. The van der Waals surface area contributed by atoms with E-state index in [1.807, 2.05) is 0 Å². The lowest BCUT2D eigenvalue weighted by molar-refractivity contribution is -0.137. The second-order valence-electron chi connectivity index (χ2n) is 11.4. The van der Waals surface area contributed by atoms with Gasteiger partial charge in [0.15, 0.2) is 0 Å². The highest BCUT2D eigenvalue weighted by molar-refractivity contribution is 7.51. The van der Waals surface area contributed by atoms with Crippen molar-refractivity contribution in [1.29, 1.82) is 0 Å². The third kappa shape index (κ3) is 35.6. The molecule has 0 saturated carbocycles. The summed E-state index contributed by atoms with van der Waals surface area (Å²) in [5.41, 5.74) is 0. The molecule has 37 heavy (non-hydrogen) atoms. The quantitative estimate of drug-likeness (QED) is 0.0594. The monoisotopic (exact) mass is 546 g/mol. The second-order valence-corrected chi connectivity index (χ2v) is 13.2. The van der Waals surface area contributed by atoms with E-state index < -0.39 is 13.6 Å². The van der Waals surface area contributed by atoms with E-state index in [4.69, 9.17) is 14.9 Å². The minimum absolute atomic E-state index is 0.0526. The number of hydrogen-bond donors (Lipinski definition) is 3. The molecule has 0 amide bonds. The van der Waals surface area contributed by atoms with Gasteiger partial charge in [-0.05, 0) is 12.8 Å². The van der Waals surface area contributed by atoms with Gasteiger partial charge in [0.2, 0.25) is 0 Å². The first-order chi connectivity index (χ1) is 17.9. The van der Waals surface area contributed by atoms with Crippen LogP contribution in [-0.2, 0) is 9.36 Å². The van der Waals surface area contributed by atoms with Crippen LogP contribution in [0.1, 0.15) is 186 Å². The standard InChI is InChI=1S/C31H63O5P/c32-31(33)29-27-25-23-21-19-17-15-13-11-9-7-5-3-1-2-4-6-8-10-12-14-16-18-20-22-24-26-28-30-37(34,35)36/h1-30H2,(H,32,33)(H2,34,35,36). The van der Waals surface area contributed by atoms with E-state index in [1.54, 1.807) is 0 Å². The van der Waals surface area contributed by atoms with Gasteiger partial charge in [0.25, 0.3) is 0 Å². The van der Waals surface area contributed by atoms with Crippen LogP contribution in [0, 0.1) is 0 Å². The number of hydrogen-bond acceptors (Lipinski definition) is 2. The van der Waals surface area contributed by atoms with Crippen molar-refractivity contribution in [3.8, 4) is 0 Å². The molecule has 6 heteroatoms. The molecule has 0 bridgehead atoms. The van der Waals surface area contributed by atoms with Gasteiger partial charge in [-0.25, -0.2) is 0 Å². The van der Waals surface area contributed by atoms with Crippen molar-refractivity contribution in [2.45, 2.75) is 186 Å². The largest absolute Gasteiger partial charge is 0.481 e. The van der Waals surface area contributed by atoms with Gasteiger partial charge in [-0.1, -0.05) is 167 Å². The summed E-state index contributed by atoms with van der Waals surface area (Å²) in [6.45, 7) is 0. The summed E-state index contributed by atoms with van der Waals surface area (Å²) < 4.78 is 10.8. The van der Waals surface area contributed by atoms with E-state index in [0.717, 1.165) is 25.7 Å². The molecule has 0 aromatic carbocycles. The van der Waals surface area contributed by atoms with Crippen molar-refractivity contribution >= 4 is 13.6 Å². The zero-order chi connectivity index (χ0) is 27.3. The van der Waals surface area contributed by atoms with Crippen molar-refractivity contribution in [2.75, 3.05) is 6.16 Å². The Kier molecular flexibility index (Phi) is 28.3. The molecule has 0 aromatic rings. The zero-order valence-electron chi connectivity index (χ0n) is 24.3. The normalized spacial score (nSPS) is 11.8. The van der Waals surface area contributed by atoms with E-state index in [1.165, 1.54) is 148 Å². The molecule has 0 aliphatic carbocycles. The molecule has 0 unspecified atom stereocenters. The molecular weight excluding hydrogens is 483 g/mol. The van der Waals surface area contributed by atoms with Crippen LogP contribution in [0.15, 0.2) is 0 Å². The number of carboxylic acids is 1. The SMILES string of the molecule is O=C(O)CCCCCCCCCCCCCCCCCCCCCCCCCCCCCCP(=O)(O)O. The van der Waals surface area contributed by atoms with Gasteiger partial charge in [0, 0.05) is 12.6 Å². The molecule has 0 spiro atoms. The Morgan fingerprint density at radius 2 is 0.568 bits per heavy atom. The summed E-state index contributed by atoms with van der Waals surface area (Å²) in [7, 11) is -3.78. The van der Waals surface area contributed by atoms with Crippen LogP contribution >= 0.6 is 7.60 Å². The molecule has 0 aromatic heterocycles. The number of carbonyl (C=O) groups is 1. The summed E-state index contributed by atoms with van der Waals surface area (Å²) in [5.74, 6) is -0.660. The van der Waals surface area contributed by atoms with E-state index in [2.05, 4.69) is 0 Å². The summed E-state index contributed by atoms with van der Waals surface area (Å²) in [6, 6.07) is 0. The van der Waals surface area contributed by atoms with Gasteiger partial charge in [0.05, 0.1) is 0 Å². The molecule has 5 nitrogen and oxygen atoms in total. The smallest absolute Gasteiger partial charge is 0.325 e. The maximum absolute atomic E-state index is 10.8. The zero-order valence-corrected chi connectivity index (χ0v) is 25.2. The Morgan fingerprint density at radius 1 is 0.378 bits per heavy atom. The molecule has 0 saturated heterocycles. The molecule has 0 atom stereocenters. The lowest BCUT2D eigenvalue weighted by Crippen LogP contribution is -1.93. The minimum Gasteiger partial charge on any atom is -0.481 e. The summed E-state index contributed by atoms with van der Waals surface area (Å²) in [6.07, 6.45) is 36.4. The van der Waals surface area contributed by atoms with Gasteiger partial charge < -0.3 is 14.9 Å². The summed E-state index contributed by atoms with van der Waals surface area (Å²) >= 11 is 0. The fraction of sp³-hybridized carbons (Fsp3) is 0.968. The predicted octanol–water partition coefficient (Wildman–Crippen LogP) is 10.6. The van der Waals surface area contributed by atoms with Crippen molar-refractivity contribution < 1.29 is 24.3 Å². The maximum atomic E-state index is 10.8. The first kappa shape index (κ1) is 36.6. The Labute approximate surface area is 230 Å². The highest BCUT2D eigenvalue weighted by atomic mass is 31.2. The van der Waals surface area contributed by atoms with Crippen LogP contribution in [0.3, 0.4) is 0 Å². The van der Waals surface area contributed by atoms with Gasteiger partial charge in [-0.15, -0.1) is 0 Å². The molecule has 222 valence electrons. The van der Waals surface area contributed by atoms with E-state index in [-0.39, 0.29) is 6.16 Å². The first-order valence-electron chi connectivity index (χ1n) is 16.2. The molecule has 3 N–H and O–H groups in total. The Balaban J connectivity index is 3.05. The summed E-state index contributed by atoms with van der Waals surface area (Å²) in [4.78, 5) is 28.1. The van der Waals surface area contributed by atoms with Crippen LogP contribution in [0.2, 0.25) is 0 Å². The van der Waals surface area contributed by atoms with Crippen molar-refractivity contribution in [3.63, 3.8) is 0 Å². The first-order valence-corrected chi connectivity index (χ1v) is 18.0. The fourth-order valence-corrected chi connectivity index (χ4v) is 5.83. The predicted molar refractivity (Wildman–Crippen MR) is 158 cm³/mol. The molecule has 0 heterocycles. The average Bonchev–Trinajstić information content (AvgIpc) is 2.84. The molecule has 0 aliphatic rings. The minimum atomic E-state index is -3.78. The van der Waals surface area contributed by atoms with Gasteiger partial charge in [-0.3, -0.25) is 9.36 Å². The highest BCUT2D eigenvalue weighted by Crippen LogP contribution is 2.35. The van der Waals surface area contributed by atoms with Crippen molar-refractivity contribution in [2.24, 2.45) is 0 Å². The van der Waals surface area contributed by atoms with Crippen molar-refractivity contribution in [1.82, 2.24) is 0 Å². The highest BCUT2D eigenvalue weighted by Gasteiger charge is 2.10. The van der Waals surface area contributed by atoms with Crippen molar-refractivity contribution in [3.05, 3.63) is 0 Å². The third-order valence-electron chi connectivity index (χ3n) is 7.59. The molecule has 0 fully saturated rings.